The molecule has 23 heavy (non-hydrogen) atoms. The van der Waals surface area contributed by atoms with Gasteiger partial charge in [0, 0.05) is 24.6 Å². The Hall–Kier alpha value is -2.08. The highest BCUT2D eigenvalue weighted by atomic mass is 19.1. The molecule has 1 aromatic carbocycles. The lowest BCUT2D eigenvalue weighted by atomic mass is 10.1. The third kappa shape index (κ3) is 4.45. The van der Waals surface area contributed by atoms with Crippen LogP contribution in [0.4, 0.5) is 14.9 Å². The summed E-state index contributed by atoms with van der Waals surface area (Å²) in [5.74, 6) is 0.580. The molecule has 2 aliphatic carbocycles. The predicted molar refractivity (Wildman–Crippen MR) is 84.9 cm³/mol. The molecule has 2 atom stereocenters. The van der Waals surface area contributed by atoms with Crippen molar-refractivity contribution in [3.63, 3.8) is 0 Å². The van der Waals surface area contributed by atoms with Crippen LogP contribution in [-0.4, -0.2) is 30.4 Å². The van der Waals surface area contributed by atoms with Crippen LogP contribution in [0.5, 0.6) is 5.75 Å². The van der Waals surface area contributed by atoms with Gasteiger partial charge in [0.25, 0.3) is 0 Å². The maximum absolute atomic E-state index is 13.4. The summed E-state index contributed by atoms with van der Waals surface area (Å²) in [6.07, 6.45) is 6.72. The number of rotatable bonds is 6. The number of ether oxygens (including phenoxy) is 1. The number of aliphatic hydroxyl groups excluding tert-OH is 1. The van der Waals surface area contributed by atoms with E-state index in [0.717, 1.165) is 12.8 Å². The number of halogens is 1. The first kappa shape index (κ1) is 15.8. The van der Waals surface area contributed by atoms with Crippen molar-refractivity contribution in [3.05, 3.63) is 36.2 Å². The third-order valence-corrected chi connectivity index (χ3v) is 4.09. The van der Waals surface area contributed by atoms with Crippen LogP contribution in [0.15, 0.2) is 30.4 Å². The zero-order valence-corrected chi connectivity index (χ0v) is 12.8. The summed E-state index contributed by atoms with van der Waals surface area (Å²) in [5, 5.41) is 14.6. The Kier molecular flexibility index (Phi) is 4.81. The van der Waals surface area contributed by atoms with E-state index in [1.807, 2.05) is 12.2 Å². The number of benzene rings is 1. The Morgan fingerprint density at radius 1 is 1.35 bits per heavy atom. The summed E-state index contributed by atoms with van der Waals surface area (Å²) in [6, 6.07) is 3.59. The van der Waals surface area contributed by atoms with Crippen molar-refractivity contribution in [1.82, 2.24) is 5.32 Å². The molecule has 1 saturated carbocycles. The van der Waals surface area contributed by atoms with Crippen LogP contribution in [-0.2, 0) is 0 Å². The predicted octanol–water partition coefficient (Wildman–Crippen LogP) is 2.67. The van der Waals surface area contributed by atoms with Crippen molar-refractivity contribution in [1.29, 1.82) is 0 Å². The van der Waals surface area contributed by atoms with E-state index in [2.05, 4.69) is 10.6 Å². The van der Waals surface area contributed by atoms with Crippen LogP contribution >= 0.6 is 0 Å². The number of amides is 2. The molecule has 0 aromatic heterocycles. The molecule has 1 aromatic rings. The molecule has 1 fully saturated rings. The number of urea groups is 1. The second-order valence-electron chi connectivity index (χ2n) is 6.16. The fourth-order valence-electron chi connectivity index (χ4n) is 2.55. The number of hydrogen-bond acceptors (Lipinski definition) is 3. The van der Waals surface area contributed by atoms with Gasteiger partial charge in [0.05, 0.1) is 12.3 Å². The Bertz CT molecular complexity index is 602. The summed E-state index contributed by atoms with van der Waals surface area (Å²) in [7, 11) is 0. The molecule has 0 aliphatic heterocycles. The smallest absolute Gasteiger partial charge is 0.319 e. The Morgan fingerprint density at radius 3 is 2.87 bits per heavy atom. The average molecular weight is 320 g/mol. The molecule has 0 saturated heterocycles. The standard InChI is InChI=1S/C17H21FN2O3/c18-13-4-6-15(16(8-13)23-10-11-1-2-11)20-17(22)19-14-5-3-12(7-14)9-21/h3-6,8,11-12,14,21H,1-2,7,9-10H2,(H2,19,20,22)/t12-,14+/m0/s1. The molecule has 0 bridgehead atoms. The van der Waals surface area contributed by atoms with Crippen molar-refractivity contribution in [2.75, 3.05) is 18.5 Å². The number of aliphatic hydroxyl groups is 1. The lowest BCUT2D eigenvalue weighted by Crippen LogP contribution is -2.36. The van der Waals surface area contributed by atoms with Gasteiger partial charge in [-0.2, -0.15) is 0 Å². The highest BCUT2D eigenvalue weighted by molar-refractivity contribution is 5.91. The molecular formula is C17H21FN2O3. The minimum absolute atomic E-state index is 0.0768. The van der Waals surface area contributed by atoms with Gasteiger partial charge in [-0.3, -0.25) is 0 Å². The number of anilines is 1. The molecule has 0 spiro atoms. The van der Waals surface area contributed by atoms with Crippen molar-refractivity contribution in [2.24, 2.45) is 11.8 Å². The van der Waals surface area contributed by atoms with Gasteiger partial charge in [-0.25, -0.2) is 9.18 Å². The average Bonchev–Trinajstić information content (AvgIpc) is 3.25. The first-order valence-electron chi connectivity index (χ1n) is 7.93. The first-order valence-corrected chi connectivity index (χ1v) is 7.93. The number of hydrogen-bond donors (Lipinski definition) is 3. The highest BCUT2D eigenvalue weighted by Gasteiger charge is 2.23. The van der Waals surface area contributed by atoms with Crippen LogP contribution in [0.3, 0.4) is 0 Å². The maximum Gasteiger partial charge on any atom is 0.319 e. The lowest BCUT2D eigenvalue weighted by Gasteiger charge is -2.16. The molecule has 0 radical (unpaired) electrons. The van der Waals surface area contributed by atoms with Crippen LogP contribution in [0.1, 0.15) is 19.3 Å². The molecule has 2 amide bonds. The largest absolute Gasteiger partial charge is 0.491 e. The van der Waals surface area contributed by atoms with Gasteiger partial charge in [0.1, 0.15) is 11.6 Å². The molecule has 3 N–H and O–H groups in total. The third-order valence-electron chi connectivity index (χ3n) is 4.09. The van der Waals surface area contributed by atoms with Crippen molar-refractivity contribution in [2.45, 2.75) is 25.3 Å². The molecule has 5 nitrogen and oxygen atoms in total. The SMILES string of the molecule is O=C(Nc1ccc(F)cc1OCC1CC1)N[C@@H]1C=C[C@H](CO)C1. The fraction of sp³-hybridized carbons (Fsp3) is 0.471. The molecule has 2 aliphatic rings. The minimum atomic E-state index is -0.397. The molecule has 3 rings (SSSR count). The Morgan fingerprint density at radius 2 is 2.17 bits per heavy atom. The van der Waals surface area contributed by atoms with Crippen molar-refractivity contribution < 1.29 is 19.0 Å². The zero-order chi connectivity index (χ0) is 16.2. The van der Waals surface area contributed by atoms with E-state index in [-0.39, 0.29) is 24.6 Å². The van der Waals surface area contributed by atoms with E-state index < -0.39 is 5.82 Å². The van der Waals surface area contributed by atoms with Crippen LogP contribution in [0.25, 0.3) is 0 Å². The van der Waals surface area contributed by atoms with Crippen LogP contribution in [0, 0.1) is 17.7 Å². The first-order chi connectivity index (χ1) is 11.1. The van der Waals surface area contributed by atoms with E-state index in [1.165, 1.54) is 18.2 Å². The summed E-state index contributed by atoms with van der Waals surface area (Å²) < 4.78 is 19.0. The normalized spacial score (nSPS) is 22.9. The minimum Gasteiger partial charge on any atom is -0.491 e. The van der Waals surface area contributed by atoms with Crippen LogP contribution in [0.2, 0.25) is 0 Å². The quantitative estimate of drug-likeness (QED) is 0.706. The van der Waals surface area contributed by atoms with Gasteiger partial charge in [-0.15, -0.1) is 0 Å². The number of carbonyl (C=O) groups is 1. The summed E-state index contributed by atoms with van der Waals surface area (Å²) in [6.45, 7) is 0.622. The number of nitrogens with one attached hydrogen (secondary N) is 2. The second-order valence-corrected chi connectivity index (χ2v) is 6.16. The van der Waals surface area contributed by atoms with Crippen LogP contribution < -0.4 is 15.4 Å². The van der Waals surface area contributed by atoms with E-state index in [0.29, 0.717) is 30.4 Å². The molecule has 6 heteroatoms. The molecule has 0 unspecified atom stereocenters. The summed E-state index contributed by atoms with van der Waals surface area (Å²) in [5.41, 5.74) is 0.449. The fourth-order valence-corrected chi connectivity index (χ4v) is 2.55. The van der Waals surface area contributed by atoms with Gasteiger partial charge >= 0.3 is 6.03 Å². The molecule has 124 valence electrons. The van der Waals surface area contributed by atoms with Gasteiger partial charge in [-0.1, -0.05) is 12.2 Å². The van der Waals surface area contributed by atoms with E-state index in [4.69, 9.17) is 9.84 Å². The Labute approximate surface area is 134 Å². The zero-order valence-electron chi connectivity index (χ0n) is 12.8. The van der Waals surface area contributed by atoms with E-state index in [1.54, 1.807) is 0 Å². The monoisotopic (exact) mass is 320 g/mol. The van der Waals surface area contributed by atoms with Crippen molar-refractivity contribution >= 4 is 11.7 Å². The van der Waals surface area contributed by atoms with Gasteiger partial charge in [0.2, 0.25) is 0 Å². The molecule has 0 heterocycles. The lowest BCUT2D eigenvalue weighted by molar-refractivity contribution is 0.238. The van der Waals surface area contributed by atoms with E-state index in [9.17, 15) is 9.18 Å². The number of carbonyl (C=O) groups excluding carboxylic acids is 1. The maximum atomic E-state index is 13.4. The van der Waals surface area contributed by atoms with Crippen molar-refractivity contribution in [3.8, 4) is 5.75 Å². The summed E-state index contributed by atoms with van der Waals surface area (Å²) in [4.78, 5) is 12.1. The van der Waals surface area contributed by atoms with Gasteiger partial charge in [0.15, 0.2) is 0 Å². The summed E-state index contributed by atoms with van der Waals surface area (Å²) >= 11 is 0. The van der Waals surface area contributed by atoms with Gasteiger partial charge in [-0.05, 0) is 37.3 Å². The van der Waals surface area contributed by atoms with Gasteiger partial charge < -0.3 is 20.5 Å². The Balaban J connectivity index is 1.57. The topological polar surface area (TPSA) is 70.6 Å². The van der Waals surface area contributed by atoms with E-state index >= 15 is 0 Å². The molecular weight excluding hydrogens is 299 g/mol. The second kappa shape index (κ2) is 7.00. The highest BCUT2D eigenvalue weighted by Crippen LogP contribution is 2.32.